The molecule has 0 bridgehead atoms. The molecule has 1 amide bonds. The molecule has 3 aromatic rings. The van der Waals surface area contributed by atoms with Gasteiger partial charge >= 0.3 is 17.0 Å². The van der Waals surface area contributed by atoms with Crippen molar-refractivity contribution >= 4 is 35.1 Å². The number of carbonyl (C=O) groups excluding carboxylic acids is 2. The van der Waals surface area contributed by atoms with E-state index in [1.807, 2.05) is 0 Å². The SMILES string of the molecule is Cc1csc(=O)n1CCC(=O)OCC(=O)N(N=Cc1ccccc1)c1cccc(C(F)(F)F)c1. The van der Waals surface area contributed by atoms with Gasteiger partial charge < -0.3 is 9.30 Å². The fourth-order valence-electron chi connectivity index (χ4n) is 2.91. The van der Waals surface area contributed by atoms with Crippen LogP contribution in [0.4, 0.5) is 18.9 Å². The molecule has 0 N–H and O–H groups in total. The van der Waals surface area contributed by atoms with Gasteiger partial charge in [-0.15, -0.1) is 0 Å². The number of thiazole rings is 1. The summed E-state index contributed by atoms with van der Waals surface area (Å²) in [6.07, 6.45) is -3.45. The second kappa shape index (κ2) is 10.9. The predicted octanol–water partition coefficient (Wildman–Crippen LogP) is 4.24. The molecule has 0 aliphatic carbocycles. The minimum Gasteiger partial charge on any atom is -0.455 e. The molecule has 0 saturated carbocycles. The zero-order valence-electron chi connectivity index (χ0n) is 18.0. The van der Waals surface area contributed by atoms with E-state index in [-0.39, 0.29) is 23.5 Å². The van der Waals surface area contributed by atoms with E-state index in [1.54, 1.807) is 42.6 Å². The largest absolute Gasteiger partial charge is 0.455 e. The molecule has 0 unspecified atom stereocenters. The third kappa shape index (κ3) is 6.64. The summed E-state index contributed by atoms with van der Waals surface area (Å²) in [5, 5.41) is 6.45. The number of esters is 1. The van der Waals surface area contributed by atoms with E-state index in [0.717, 1.165) is 34.5 Å². The average molecular weight is 491 g/mol. The molecular weight excluding hydrogens is 471 g/mol. The summed E-state index contributed by atoms with van der Waals surface area (Å²) in [6.45, 7) is 1.08. The van der Waals surface area contributed by atoms with Crippen LogP contribution in [0.1, 0.15) is 23.2 Å². The van der Waals surface area contributed by atoms with Crippen molar-refractivity contribution in [3.8, 4) is 0 Å². The number of amides is 1. The Morgan fingerprint density at radius 1 is 1.15 bits per heavy atom. The Bertz CT molecular complexity index is 1240. The third-order valence-electron chi connectivity index (χ3n) is 4.65. The Morgan fingerprint density at radius 3 is 2.53 bits per heavy atom. The number of hydrogen-bond acceptors (Lipinski definition) is 6. The Kier molecular flexibility index (Phi) is 8.00. The Morgan fingerprint density at radius 2 is 1.88 bits per heavy atom. The molecule has 0 aliphatic rings. The zero-order chi connectivity index (χ0) is 24.7. The van der Waals surface area contributed by atoms with E-state index in [1.165, 1.54) is 16.8 Å². The number of hydrogen-bond donors (Lipinski definition) is 0. The zero-order valence-corrected chi connectivity index (χ0v) is 18.8. The highest BCUT2D eigenvalue weighted by Crippen LogP contribution is 2.31. The number of carbonyl (C=O) groups is 2. The van der Waals surface area contributed by atoms with Crippen molar-refractivity contribution in [3.05, 3.63) is 86.5 Å². The van der Waals surface area contributed by atoms with Crippen LogP contribution in [0, 0.1) is 6.92 Å². The Balaban J connectivity index is 1.73. The maximum atomic E-state index is 13.2. The van der Waals surface area contributed by atoms with Crippen LogP contribution >= 0.6 is 11.3 Å². The number of anilines is 1. The van der Waals surface area contributed by atoms with Crippen LogP contribution in [0.3, 0.4) is 0 Å². The number of ether oxygens (including phenoxy) is 1. The van der Waals surface area contributed by atoms with Crippen molar-refractivity contribution in [2.75, 3.05) is 11.6 Å². The van der Waals surface area contributed by atoms with Crippen molar-refractivity contribution in [3.63, 3.8) is 0 Å². The molecule has 7 nitrogen and oxygen atoms in total. The summed E-state index contributed by atoms with van der Waals surface area (Å²) in [4.78, 5) is 36.4. The number of alkyl halides is 3. The topological polar surface area (TPSA) is 81.0 Å². The van der Waals surface area contributed by atoms with Gasteiger partial charge in [0.15, 0.2) is 6.61 Å². The molecule has 0 radical (unpaired) electrons. The maximum Gasteiger partial charge on any atom is 0.416 e. The van der Waals surface area contributed by atoms with Crippen molar-refractivity contribution < 1.29 is 27.5 Å². The molecule has 0 spiro atoms. The van der Waals surface area contributed by atoms with Gasteiger partial charge in [0.2, 0.25) is 0 Å². The molecular formula is C23H20F3N3O4S. The lowest BCUT2D eigenvalue weighted by Gasteiger charge is -2.18. The van der Waals surface area contributed by atoms with Gasteiger partial charge in [-0.25, -0.2) is 0 Å². The number of hydrazone groups is 1. The molecule has 34 heavy (non-hydrogen) atoms. The van der Waals surface area contributed by atoms with E-state index in [4.69, 9.17) is 4.74 Å². The standard InChI is InChI=1S/C23H20F3N3O4S/c1-16-15-34-22(32)28(16)11-10-21(31)33-14-20(30)29(27-13-17-6-3-2-4-7-17)19-9-5-8-18(12-19)23(24,25)26/h2-9,12-13,15H,10-11,14H2,1H3. The molecule has 0 fully saturated rings. The van der Waals surface area contributed by atoms with E-state index < -0.39 is 30.2 Å². The summed E-state index contributed by atoms with van der Waals surface area (Å²) < 4.78 is 45.9. The smallest absolute Gasteiger partial charge is 0.416 e. The van der Waals surface area contributed by atoms with Gasteiger partial charge in [-0.05, 0) is 30.7 Å². The Hall–Kier alpha value is -3.73. The second-order valence-electron chi connectivity index (χ2n) is 7.11. The van der Waals surface area contributed by atoms with Crippen molar-refractivity contribution in [1.29, 1.82) is 0 Å². The number of aromatic nitrogens is 1. The number of aryl methyl sites for hydroxylation is 1. The van der Waals surface area contributed by atoms with Gasteiger partial charge in [0.05, 0.1) is 23.9 Å². The molecule has 11 heteroatoms. The highest BCUT2D eigenvalue weighted by atomic mass is 32.1. The lowest BCUT2D eigenvalue weighted by atomic mass is 10.2. The van der Waals surface area contributed by atoms with Crippen LogP contribution in [-0.2, 0) is 27.0 Å². The van der Waals surface area contributed by atoms with E-state index in [0.29, 0.717) is 11.3 Å². The Labute approximate surface area is 196 Å². The van der Waals surface area contributed by atoms with Crippen molar-refractivity contribution in [2.24, 2.45) is 5.10 Å². The summed E-state index contributed by atoms with van der Waals surface area (Å²) in [6, 6.07) is 12.8. The minimum atomic E-state index is -4.61. The minimum absolute atomic E-state index is 0.0880. The third-order valence-corrected chi connectivity index (χ3v) is 5.53. The van der Waals surface area contributed by atoms with Crippen LogP contribution < -0.4 is 9.88 Å². The van der Waals surface area contributed by atoms with Crippen molar-refractivity contribution in [1.82, 2.24) is 4.57 Å². The van der Waals surface area contributed by atoms with Crippen LogP contribution in [0.5, 0.6) is 0 Å². The summed E-state index contributed by atoms with van der Waals surface area (Å²) in [5.74, 6) is -1.58. The second-order valence-corrected chi connectivity index (χ2v) is 7.93. The molecule has 2 aromatic carbocycles. The predicted molar refractivity (Wildman–Crippen MR) is 122 cm³/mol. The maximum absolute atomic E-state index is 13.2. The van der Waals surface area contributed by atoms with Crippen LogP contribution in [0.2, 0.25) is 0 Å². The molecule has 178 valence electrons. The monoisotopic (exact) mass is 491 g/mol. The van der Waals surface area contributed by atoms with Gasteiger partial charge in [-0.1, -0.05) is 47.7 Å². The number of nitrogens with zero attached hydrogens (tertiary/aromatic N) is 3. The normalized spacial score (nSPS) is 11.5. The molecule has 0 aliphatic heterocycles. The first-order chi connectivity index (χ1) is 16.1. The molecule has 0 atom stereocenters. The van der Waals surface area contributed by atoms with E-state index in [2.05, 4.69) is 5.10 Å². The van der Waals surface area contributed by atoms with Crippen LogP contribution in [-0.4, -0.2) is 29.3 Å². The van der Waals surface area contributed by atoms with E-state index >= 15 is 0 Å². The van der Waals surface area contributed by atoms with Gasteiger partial charge in [-0.3, -0.25) is 14.4 Å². The molecule has 3 rings (SSSR count). The van der Waals surface area contributed by atoms with Gasteiger partial charge in [-0.2, -0.15) is 23.3 Å². The van der Waals surface area contributed by atoms with Gasteiger partial charge in [0, 0.05) is 17.6 Å². The molecule has 1 heterocycles. The first kappa shape index (κ1) is 24.9. The quantitative estimate of drug-likeness (QED) is 0.268. The first-order valence-corrected chi connectivity index (χ1v) is 10.9. The molecule has 1 aromatic heterocycles. The van der Waals surface area contributed by atoms with Crippen LogP contribution in [0.15, 0.2) is 69.9 Å². The number of halogens is 3. The van der Waals surface area contributed by atoms with Gasteiger partial charge in [0.1, 0.15) is 0 Å². The number of rotatable bonds is 8. The average Bonchev–Trinajstić information content (AvgIpc) is 3.13. The summed E-state index contributed by atoms with van der Waals surface area (Å²) in [5.41, 5.74) is 0.223. The summed E-state index contributed by atoms with van der Waals surface area (Å²) in [7, 11) is 0. The lowest BCUT2D eigenvalue weighted by molar-refractivity contribution is -0.148. The first-order valence-electron chi connectivity index (χ1n) is 10.0. The van der Waals surface area contributed by atoms with Gasteiger partial charge in [0.25, 0.3) is 5.91 Å². The molecule has 0 saturated heterocycles. The highest BCUT2D eigenvalue weighted by molar-refractivity contribution is 7.07. The number of benzene rings is 2. The fourth-order valence-corrected chi connectivity index (χ4v) is 3.67. The van der Waals surface area contributed by atoms with E-state index in [9.17, 15) is 27.6 Å². The summed E-state index contributed by atoms with van der Waals surface area (Å²) >= 11 is 1.01. The van der Waals surface area contributed by atoms with Crippen molar-refractivity contribution in [2.45, 2.75) is 26.1 Å². The fraction of sp³-hybridized carbons (Fsp3) is 0.217. The highest BCUT2D eigenvalue weighted by Gasteiger charge is 2.31. The van der Waals surface area contributed by atoms with Crippen LogP contribution in [0.25, 0.3) is 0 Å². The lowest BCUT2D eigenvalue weighted by Crippen LogP contribution is -2.31.